The molecule has 1 aliphatic rings. The molecule has 5 rings (SSSR count). The average molecular weight is 377 g/mol. The van der Waals surface area contributed by atoms with Gasteiger partial charge in [0, 0.05) is 29.2 Å². The van der Waals surface area contributed by atoms with Gasteiger partial charge in [0.2, 0.25) is 0 Å². The van der Waals surface area contributed by atoms with Gasteiger partial charge in [-0.25, -0.2) is 9.97 Å². The zero-order chi connectivity index (χ0) is 19.1. The number of methoxy groups -OCH3 is 2. The third-order valence-electron chi connectivity index (χ3n) is 5.60. The van der Waals surface area contributed by atoms with Crippen LogP contribution in [0, 0.1) is 0 Å². The van der Waals surface area contributed by atoms with Crippen LogP contribution in [0.2, 0.25) is 0 Å². The predicted octanol–water partition coefficient (Wildman–Crippen LogP) is 4.19. The Kier molecular flexibility index (Phi) is 4.15. The summed E-state index contributed by atoms with van der Waals surface area (Å²) >= 11 is 0. The van der Waals surface area contributed by atoms with Crippen LogP contribution in [0.3, 0.4) is 0 Å². The molecule has 0 radical (unpaired) electrons. The molecule has 7 nitrogen and oxygen atoms in total. The molecule has 28 heavy (non-hydrogen) atoms. The highest BCUT2D eigenvalue weighted by atomic mass is 16.5. The number of pyridine rings is 1. The lowest BCUT2D eigenvalue weighted by atomic mass is 9.95. The fourth-order valence-corrected chi connectivity index (χ4v) is 4.17. The van der Waals surface area contributed by atoms with Crippen molar-refractivity contribution in [3.63, 3.8) is 0 Å². The van der Waals surface area contributed by atoms with Crippen LogP contribution in [-0.4, -0.2) is 39.6 Å². The first-order chi connectivity index (χ1) is 13.8. The summed E-state index contributed by atoms with van der Waals surface area (Å²) in [5.74, 6) is 2.24. The van der Waals surface area contributed by atoms with Crippen LogP contribution in [0.25, 0.3) is 27.6 Å². The second kappa shape index (κ2) is 6.82. The van der Waals surface area contributed by atoms with Gasteiger partial charge in [0.1, 0.15) is 11.3 Å². The van der Waals surface area contributed by atoms with E-state index in [9.17, 15) is 0 Å². The highest BCUT2D eigenvalue weighted by molar-refractivity contribution is 6.09. The predicted molar refractivity (Wildman–Crippen MR) is 109 cm³/mol. The van der Waals surface area contributed by atoms with Gasteiger partial charge in [-0.1, -0.05) is 19.3 Å². The van der Waals surface area contributed by atoms with Crippen molar-refractivity contribution in [2.24, 2.45) is 0 Å². The minimum atomic E-state index is 0.441. The Balaban J connectivity index is 1.80. The number of imidazole rings is 1. The van der Waals surface area contributed by atoms with Crippen molar-refractivity contribution in [2.75, 3.05) is 19.5 Å². The molecule has 7 heteroatoms. The minimum Gasteiger partial charge on any atom is -0.493 e. The Morgan fingerprint density at radius 1 is 1.00 bits per heavy atom. The number of fused-ring (bicyclic) bond motifs is 5. The molecule has 0 saturated heterocycles. The molecule has 0 bridgehead atoms. The summed E-state index contributed by atoms with van der Waals surface area (Å²) in [7, 11) is 3.30. The van der Waals surface area contributed by atoms with Crippen molar-refractivity contribution in [2.45, 2.75) is 38.1 Å². The van der Waals surface area contributed by atoms with E-state index in [2.05, 4.69) is 10.3 Å². The summed E-state index contributed by atoms with van der Waals surface area (Å²) in [5.41, 5.74) is 2.42. The smallest absolute Gasteiger partial charge is 0.167 e. The van der Waals surface area contributed by atoms with Gasteiger partial charge >= 0.3 is 0 Å². The first-order valence-electron chi connectivity index (χ1n) is 9.72. The Hall–Kier alpha value is -3.09. The van der Waals surface area contributed by atoms with E-state index < -0.39 is 0 Å². The molecule has 1 N–H and O–H groups in total. The van der Waals surface area contributed by atoms with Gasteiger partial charge in [0.05, 0.1) is 20.4 Å². The maximum absolute atomic E-state index is 5.54. The Bertz CT molecular complexity index is 1160. The van der Waals surface area contributed by atoms with E-state index in [-0.39, 0.29) is 0 Å². The van der Waals surface area contributed by atoms with E-state index in [4.69, 9.17) is 19.4 Å². The lowest BCUT2D eigenvalue weighted by molar-refractivity contribution is 0.356. The van der Waals surface area contributed by atoms with E-state index in [0.717, 1.165) is 33.4 Å². The van der Waals surface area contributed by atoms with Gasteiger partial charge in [-0.15, -0.1) is 0 Å². The summed E-state index contributed by atoms with van der Waals surface area (Å²) < 4.78 is 13.1. The van der Waals surface area contributed by atoms with Crippen molar-refractivity contribution < 1.29 is 9.47 Å². The third kappa shape index (κ3) is 2.69. The van der Waals surface area contributed by atoms with Crippen molar-refractivity contribution in [1.82, 2.24) is 19.4 Å². The second-order valence-corrected chi connectivity index (χ2v) is 7.28. The Labute approximate surface area is 162 Å². The molecule has 144 valence electrons. The molecule has 1 fully saturated rings. The monoisotopic (exact) mass is 377 g/mol. The maximum Gasteiger partial charge on any atom is 0.167 e. The largest absolute Gasteiger partial charge is 0.493 e. The van der Waals surface area contributed by atoms with Crippen molar-refractivity contribution in [1.29, 1.82) is 0 Å². The SMILES string of the molecule is COc1cc2c(NC3CCCCC3)nc3c(nc4cnccn43)c2cc1OC. The van der Waals surface area contributed by atoms with Crippen molar-refractivity contribution in [3.8, 4) is 11.5 Å². The number of hydrogen-bond donors (Lipinski definition) is 1. The normalized spacial score (nSPS) is 15.4. The highest BCUT2D eigenvalue weighted by Gasteiger charge is 2.20. The number of aromatic nitrogens is 4. The maximum atomic E-state index is 5.54. The van der Waals surface area contributed by atoms with Gasteiger partial charge in [-0.3, -0.25) is 9.38 Å². The van der Waals surface area contributed by atoms with E-state index >= 15 is 0 Å². The van der Waals surface area contributed by atoms with Crippen LogP contribution in [0.1, 0.15) is 32.1 Å². The summed E-state index contributed by atoms with van der Waals surface area (Å²) in [5, 5.41) is 5.68. The number of benzene rings is 1. The summed E-state index contributed by atoms with van der Waals surface area (Å²) in [6, 6.07) is 4.42. The van der Waals surface area contributed by atoms with Gasteiger partial charge < -0.3 is 14.8 Å². The molecular formula is C21H23N5O2. The molecule has 0 aliphatic heterocycles. The minimum absolute atomic E-state index is 0.441. The zero-order valence-electron chi connectivity index (χ0n) is 16.1. The third-order valence-corrected chi connectivity index (χ3v) is 5.60. The van der Waals surface area contributed by atoms with E-state index in [0.29, 0.717) is 17.5 Å². The van der Waals surface area contributed by atoms with Crippen LogP contribution in [0.4, 0.5) is 5.82 Å². The highest BCUT2D eigenvalue weighted by Crippen LogP contribution is 2.38. The molecule has 3 heterocycles. The Morgan fingerprint density at radius 2 is 1.75 bits per heavy atom. The van der Waals surface area contributed by atoms with E-state index in [1.54, 1.807) is 26.6 Å². The lowest BCUT2D eigenvalue weighted by Crippen LogP contribution is -2.23. The number of ether oxygens (including phenoxy) is 2. The van der Waals surface area contributed by atoms with Crippen LogP contribution in [0.5, 0.6) is 11.5 Å². The Morgan fingerprint density at radius 3 is 2.50 bits per heavy atom. The molecule has 3 aromatic heterocycles. The molecular weight excluding hydrogens is 354 g/mol. The number of hydrogen-bond acceptors (Lipinski definition) is 6. The molecule has 0 atom stereocenters. The van der Waals surface area contributed by atoms with Crippen LogP contribution >= 0.6 is 0 Å². The number of anilines is 1. The van der Waals surface area contributed by atoms with Crippen molar-refractivity contribution >= 4 is 33.4 Å². The van der Waals surface area contributed by atoms with Gasteiger partial charge in [0.15, 0.2) is 22.8 Å². The van der Waals surface area contributed by atoms with Crippen LogP contribution in [0.15, 0.2) is 30.7 Å². The fourth-order valence-electron chi connectivity index (χ4n) is 4.17. The molecule has 4 aromatic rings. The molecule has 0 amide bonds. The molecule has 1 aromatic carbocycles. The van der Waals surface area contributed by atoms with Gasteiger partial charge in [0.25, 0.3) is 0 Å². The summed E-state index contributed by atoms with van der Waals surface area (Å²) in [6.07, 6.45) is 11.6. The van der Waals surface area contributed by atoms with Crippen LogP contribution in [-0.2, 0) is 0 Å². The van der Waals surface area contributed by atoms with Crippen molar-refractivity contribution in [3.05, 3.63) is 30.7 Å². The molecule has 0 spiro atoms. The molecule has 0 unspecified atom stereocenters. The first-order valence-corrected chi connectivity index (χ1v) is 9.72. The number of nitrogens with zero attached hydrogens (tertiary/aromatic N) is 4. The molecule has 1 aliphatic carbocycles. The van der Waals surface area contributed by atoms with E-state index in [1.165, 1.54) is 32.1 Å². The quantitative estimate of drug-likeness (QED) is 0.575. The number of rotatable bonds is 4. The fraction of sp³-hybridized carbons (Fsp3) is 0.381. The second-order valence-electron chi connectivity index (χ2n) is 7.28. The topological polar surface area (TPSA) is 73.6 Å². The zero-order valence-corrected chi connectivity index (χ0v) is 16.1. The number of nitrogens with one attached hydrogen (secondary N) is 1. The van der Waals surface area contributed by atoms with Gasteiger partial charge in [-0.05, 0) is 25.0 Å². The molecule has 1 saturated carbocycles. The lowest BCUT2D eigenvalue weighted by Gasteiger charge is -2.24. The van der Waals surface area contributed by atoms with Gasteiger partial charge in [-0.2, -0.15) is 0 Å². The average Bonchev–Trinajstić information content (AvgIpc) is 3.12. The standard InChI is InChI=1S/C21H23N5O2/c1-27-16-10-14-15(11-17(16)28-2)20(23-13-6-4-3-5-7-13)25-21-19(14)24-18-12-22-8-9-26(18)21/h8-13H,3-7H2,1-2H3,(H,23,25). The van der Waals surface area contributed by atoms with Crippen LogP contribution < -0.4 is 14.8 Å². The van der Waals surface area contributed by atoms with E-state index in [1.807, 2.05) is 22.7 Å². The summed E-state index contributed by atoms with van der Waals surface area (Å²) in [4.78, 5) is 14.0. The first kappa shape index (κ1) is 17.0. The summed E-state index contributed by atoms with van der Waals surface area (Å²) in [6.45, 7) is 0.